The van der Waals surface area contributed by atoms with Crippen LogP contribution in [0.1, 0.15) is 91.9 Å². The van der Waals surface area contributed by atoms with Gasteiger partial charge in [0.15, 0.2) is 11.5 Å². The molecule has 0 spiro atoms. The van der Waals surface area contributed by atoms with Crippen LogP contribution in [-0.2, 0) is 10.3 Å². The van der Waals surface area contributed by atoms with Gasteiger partial charge in [-0.3, -0.25) is 9.59 Å². The molecule has 7 rings (SSSR count). The van der Waals surface area contributed by atoms with Gasteiger partial charge in [0, 0.05) is 66.1 Å². The molecule has 13 heteroatoms. The Kier molecular flexibility index (Phi) is 6.46. The van der Waals surface area contributed by atoms with Crippen molar-refractivity contribution < 1.29 is 23.1 Å². The molecule has 4 heterocycles. The van der Waals surface area contributed by atoms with E-state index in [1.807, 2.05) is 27.7 Å². The summed E-state index contributed by atoms with van der Waals surface area (Å²) in [5.41, 5.74) is 1.77. The van der Waals surface area contributed by atoms with E-state index in [0.717, 1.165) is 5.56 Å². The zero-order valence-electron chi connectivity index (χ0n) is 26.0. The quantitative estimate of drug-likeness (QED) is 0.300. The van der Waals surface area contributed by atoms with E-state index in [4.69, 9.17) is 21.4 Å². The number of fused-ring (bicyclic) bond motifs is 9. The molecule has 4 aromatic rings. The molecule has 2 atom stereocenters. The maximum absolute atomic E-state index is 13.4. The second-order valence-electron chi connectivity index (χ2n) is 13.7. The lowest BCUT2D eigenvalue weighted by molar-refractivity contribution is -0.132. The van der Waals surface area contributed by atoms with E-state index in [1.165, 1.54) is 6.07 Å². The smallest absolute Gasteiger partial charge is 0.387 e. The zero-order valence-corrected chi connectivity index (χ0v) is 26.0. The van der Waals surface area contributed by atoms with Crippen molar-refractivity contribution in [2.75, 3.05) is 7.05 Å². The number of alkyl halides is 2. The number of halogens is 2. The number of carbonyl (C=O) groups is 2. The summed E-state index contributed by atoms with van der Waals surface area (Å²) in [4.78, 5) is 46.0. The van der Waals surface area contributed by atoms with E-state index in [2.05, 4.69) is 20.1 Å². The van der Waals surface area contributed by atoms with E-state index in [1.54, 1.807) is 53.3 Å². The Morgan fingerprint density at radius 3 is 2.54 bits per heavy atom. The Bertz CT molecular complexity index is 1950. The SMILES string of the molecule is [C-]#[N+]C1(C)CC(NC(=O)C(C)(C)C)(c2ncc(-c3ccn4nc5c(c4n3)[C@@H]3C[C@H]5N(C)C(=O)c4cccc(OC(F)F)c43)cn2)C1. The number of nitrogens with one attached hydrogen (secondary N) is 1. The number of aromatic nitrogens is 5. The molecule has 2 amide bonds. The molecular formula is C33H32F2N8O3. The number of hydrogen-bond acceptors (Lipinski definition) is 7. The molecule has 0 saturated heterocycles. The molecule has 2 aliphatic carbocycles. The van der Waals surface area contributed by atoms with Crippen molar-refractivity contribution in [3.05, 3.63) is 82.5 Å². The van der Waals surface area contributed by atoms with Crippen LogP contribution >= 0.6 is 0 Å². The van der Waals surface area contributed by atoms with Gasteiger partial charge < -0.3 is 19.8 Å². The highest BCUT2D eigenvalue weighted by Gasteiger charge is 2.61. The van der Waals surface area contributed by atoms with Crippen molar-refractivity contribution in [3.63, 3.8) is 0 Å². The van der Waals surface area contributed by atoms with Gasteiger partial charge in [0.25, 0.3) is 5.91 Å². The largest absolute Gasteiger partial charge is 0.434 e. The number of hydrogen-bond donors (Lipinski definition) is 1. The Balaban J connectivity index is 1.28. The highest BCUT2D eigenvalue weighted by atomic mass is 19.3. The number of benzene rings is 1. The van der Waals surface area contributed by atoms with Crippen molar-refractivity contribution in [1.82, 2.24) is 34.8 Å². The fraction of sp³-hybridized carbons (Fsp3) is 0.424. The highest BCUT2D eigenvalue weighted by Crippen LogP contribution is 2.53. The molecule has 1 N–H and O–H groups in total. The van der Waals surface area contributed by atoms with Gasteiger partial charge in [-0.1, -0.05) is 26.8 Å². The molecule has 0 radical (unpaired) electrons. The predicted molar refractivity (Wildman–Crippen MR) is 162 cm³/mol. The topological polar surface area (TPSA) is 119 Å². The molecule has 3 aliphatic rings. The minimum atomic E-state index is -3.05. The molecule has 46 heavy (non-hydrogen) atoms. The maximum atomic E-state index is 13.4. The van der Waals surface area contributed by atoms with Crippen molar-refractivity contribution in [2.45, 2.75) is 76.6 Å². The van der Waals surface area contributed by atoms with E-state index in [0.29, 0.717) is 58.8 Å². The Hall–Kier alpha value is -4.99. The average Bonchev–Trinajstić information content (AvgIpc) is 3.52. The van der Waals surface area contributed by atoms with Crippen LogP contribution in [0.2, 0.25) is 0 Å². The summed E-state index contributed by atoms with van der Waals surface area (Å²) < 4.78 is 33.4. The number of rotatable bonds is 5. The summed E-state index contributed by atoms with van der Waals surface area (Å²) in [6.07, 6.45) is 6.32. The van der Waals surface area contributed by atoms with Gasteiger partial charge in [0.2, 0.25) is 11.4 Å². The number of carbonyl (C=O) groups excluding carboxylic acids is 2. The fourth-order valence-corrected chi connectivity index (χ4v) is 7.12. The molecule has 0 unspecified atom stereocenters. The lowest BCUT2D eigenvalue weighted by Crippen LogP contribution is -2.63. The summed E-state index contributed by atoms with van der Waals surface area (Å²) in [6.45, 7) is 11.9. The van der Waals surface area contributed by atoms with Gasteiger partial charge in [-0.15, -0.1) is 0 Å². The molecule has 236 valence electrons. The van der Waals surface area contributed by atoms with Gasteiger partial charge in [0.1, 0.15) is 11.3 Å². The van der Waals surface area contributed by atoms with Gasteiger partial charge in [-0.25, -0.2) is 26.0 Å². The summed E-state index contributed by atoms with van der Waals surface area (Å²) >= 11 is 0. The summed E-state index contributed by atoms with van der Waals surface area (Å²) in [6, 6.07) is 6.05. The van der Waals surface area contributed by atoms with E-state index in [9.17, 15) is 18.4 Å². The fourth-order valence-electron chi connectivity index (χ4n) is 7.12. The van der Waals surface area contributed by atoms with Crippen molar-refractivity contribution in [2.24, 2.45) is 5.41 Å². The Morgan fingerprint density at radius 1 is 1.17 bits per heavy atom. The molecule has 11 nitrogen and oxygen atoms in total. The first-order valence-corrected chi connectivity index (χ1v) is 15.0. The van der Waals surface area contributed by atoms with E-state index in [-0.39, 0.29) is 23.6 Å². The lowest BCUT2D eigenvalue weighted by atomic mass is 9.63. The predicted octanol–water partition coefficient (Wildman–Crippen LogP) is 5.28. The summed E-state index contributed by atoms with van der Waals surface area (Å²) in [5.74, 6) is -0.479. The van der Waals surface area contributed by atoms with Gasteiger partial charge in [0.05, 0.1) is 30.3 Å². The number of amides is 2. The van der Waals surface area contributed by atoms with Crippen LogP contribution in [0, 0.1) is 12.0 Å². The summed E-state index contributed by atoms with van der Waals surface area (Å²) in [5, 5.41) is 7.89. The van der Waals surface area contributed by atoms with Crippen LogP contribution < -0.4 is 10.1 Å². The minimum absolute atomic E-state index is 0.0370. The number of nitrogens with zero attached hydrogens (tertiary/aromatic N) is 7. The second kappa shape index (κ2) is 10.0. The minimum Gasteiger partial charge on any atom is -0.434 e. The second-order valence-corrected chi connectivity index (χ2v) is 13.7. The van der Waals surface area contributed by atoms with Gasteiger partial charge in [-0.2, -0.15) is 13.9 Å². The third kappa shape index (κ3) is 4.49. The first kappa shape index (κ1) is 29.7. The zero-order chi connectivity index (χ0) is 32.8. The Morgan fingerprint density at radius 2 is 1.89 bits per heavy atom. The van der Waals surface area contributed by atoms with Crippen molar-refractivity contribution in [1.29, 1.82) is 0 Å². The lowest BCUT2D eigenvalue weighted by Gasteiger charge is -2.47. The third-order valence-electron chi connectivity index (χ3n) is 9.37. The van der Waals surface area contributed by atoms with E-state index < -0.39 is 29.0 Å². The molecule has 1 fully saturated rings. The van der Waals surface area contributed by atoms with Crippen LogP contribution in [0.5, 0.6) is 5.75 Å². The molecule has 1 saturated carbocycles. The molecule has 1 aromatic carbocycles. The van der Waals surface area contributed by atoms with Crippen LogP contribution in [0.4, 0.5) is 8.78 Å². The van der Waals surface area contributed by atoms with Crippen LogP contribution in [0.3, 0.4) is 0 Å². The molecule has 2 bridgehead atoms. The first-order valence-electron chi connectivity index (χ1n) is 15.0. The first-order chi connectivity index (χ1) is 21.7. The standard InChI is InChI=1S/C33H32F2N8O3/c1-31(2,3)29(45)40-33(15-32(4,16-33)36-5)28-37-13-17(14-38-28)20-10-11-43-26(39-20)24-19-12-21(25(24)41-43)42(6)27(44)18-8-7-9-22(23(18)19)46-30(34)35/h7-11,13-14,19,21,30H,12,15-16H2,1-4,6H3,(H,40,45)/t19-,21-,32?,33?/m1/s1. The van der Waals surface area contributed by atoms with E-state index >= 15 is 0 Å². The third-order valence-corrected chi connectivity index (χ3v) is 9.37. The Labute approximate surface area is 263 Å². The summed E-state index contributed by atoms with van der Waals surface area (Å²) in [7, 11) is 1.69. The highest BCUT2D eigenvalue weighted by molar-refractivity contribution is 5.98. The monoisotopic (exact) mass is 626 g/mol. The van der Waals surface area contributed by atoms with Gasteiger partial charge in [-0.05, 0) is 24.6 Å². The van der Waals surface area contributed by atoms with Crippen molar-refractivity contribution >= 4 is 17.5 Å². The number of ether oxygens (including phenoxy) is 1. The van der Waals surface area contributed by atoms with Crippen molar-refractivity contribution in [3.8, 4) is 17.0 Å². The molecular weight excluding hydrogens is 594 g/mol. The normalized spacial score (nSPS) is 25.0. The maximum Gasteiger partial charge on any atom is 0.387 e. The van der Waals surface area contributed by atoms with Crippen LogP contribution in [0.25, 0.3) is 21.7 Å². The van der Waals surface area contributed by atoms with Crippen LogP contribution in [-0.4, -0.2) is 60.5 Å². The van der Waals surface area contributed by atoms with Crippen LogP contribution in [0.15, 0.2) is 42.9 Å². The van der Waals surface area contributed by atoms with Gasteiger partial charge >= 0.3 is 6.61 Å². The molecule has 3 aromatic heterocycles. The molecule has 1 aliphatic heterocycles. The average molecular weight is 627 g/mol.